The molecule has 3 heteroatoms. The Balaban J connectivity index is 3.44. The number of hydrogen-bond acceptors (Lipinski definition) is 3. The van der Waals surface area contributed by atoms with Crippen molar-refractivity contribution in [3.63, 3.8) is 0 Å². The first-order valence-electron chi connectivity index (χ1n) is 3.68. The Labute approximate surface area is 68.1 Å². The van der Waals surface area contributed by atoms with Gasteiger partial charge in [-0.1, -0.05) is 6.08 Å². The van der Waals surface area contributed by atoms with Crippen molar-refractivity contribution in [1.29, 1.82) is 0 Å². The summed E-state index contributed by atoms with van der Waals surface area (Å²) in [5, 5.41) is 0. The monoisotopic (exact) mass is 156 g/mol. The second kappa shape index (κ2) is 7.15. The van der Waals surface area contributed by atoms with E-state index in [2.05, 4.69) is 17.4 Å². The standard InChI is InChI=1S/C8H16N2O/c1-4-6-7-11-8(5-2)10-9-3/h4-5,9-10H,1,6-7H2,2-3H3/b8-5+. The zero-order valence-electron chi connectivity index (χ0n) is 7.18. The van der Waals surface area contributed by atoms with Crippen molar-refractivity contribution in [1.82, 2.24) is 10.9 Å². The van der Waals surface area contributed by atoms with Crippen LogP contribution in [0.2, 0.25) is 0 Å². The van der Waals surface area contributed by atoms with Gasteiger partial charge in [0, 0.05) is 7.05 Å². The van der Waals surface area contributed by atoms with Gasteiger partial charge in [0.2, 0.25) is 0 Å². The zero-order chi connectivity index (χ0) is 8.53. The maximum absolute atomic E-state index is 5.29. The van der Waals surface area contributed by atoms with E-state index in [1.54, 1.807) is 7.05 Å². The van der Waals surface area contributed by atoms with Gasteiger partial charge in [-0.25, -0.2) is 5.43 Å². The van der Waals surface area contributed by atoms with Crippen LogP contribution in [0.3, 0.4) is 0 Å². The molecule has 2 N–H and O–H groups in total. The first-order valence-corrected chi connectivity index (χ1v) is 3.68. The normalized spacial score (nSPS) is 10.9. The predicted octanol–water partition coefficient (Wildman–Crippen LogP) is 1.16. The summed E-state index contributed by atoms with van der Waals surface area (Å²) in [7, 11) is 1.79. The molecule has 0 atom stereocenters. The molecule has 0 rings (SSSR count). The van der Waals surface area contributed by atoms with E-state index >= 15 is 0 Å². The van der Waals surface area contributed by atoms with Crippen LogP contribution in [0.15, 0.2) is 24.6 Å². The topological polar surface area (TPSA) is 33.3 Å². The van der Waals surface area contributed by atoms with Crippen LogP contribution in [0, 0.1) is 0 Å². The van der Waals surface area contributed by atoms with Gasteiger partial charge in [0.15, 0.2) is 5.88 Å². The summed E-state index contributed by atoms with van der Waals surface area (Å²) in [4.78, 5) is 0. The number of hydrazine groups is 1. The third-order valence-corrected chi connectivity index (χ3v) is 1.09. The van der Waals surface area contributed by atoms with Crippen LogP contribution >= 0.6 is 0 Å². The first-order chi connectivity index (χ1) is 5.35. The van der Waals surface area contributed by atoms with Gasteiger partial charge in [-0.15, -0.1) is 6.58 Å². The Morgan fingerprint density at radius 1 is 1.64 bits per heavy atom. The van der Waals surface area contributed by atoms with Crippen molar-refractivity contribution in [2.75, 3.05) is 13.7 Å². The van der Waals surface area contributed by atoms with Crippen LogP contribution in [0.4, 0.5) is 0 Å². The van der Waals surface area contributed by atoms with Gasteiger partial charge >= 0.3 is 0 Å². The molecular weight excluding hydrogens is 140 g/mol. The van der Waals surface area contributed by atoms with Crippen molar-refractivity contribution in [3.8, 4) is 0 Å². The molecule has 0 heterocycles. The van der Waals surface area contributed by atoms with Crippen LogP contribution in [-0.2, 0) is 4.74 Å². The minimum atomic E-state index is 0.665. The van der Waals surface area contributed by atoms with Crippen molar-refractivity contribution < 1.29 is 4.74 Å². The van der Waals surface area contributed by atoms with Gasteiger partial charge in [0.1, 0.15) is 0 Å². The van der Waals surface area contributed by atoms with Crippen molar-refractivity contribution in [3.05, 3.63) is 24.6 Å². The van der Waals surface area contributed by atoms with Crippen LogP contribution < -0.4 is 10.9 Å². The van der Waals surface area contributed by atoms with Crippen LogP contribution in [0.1, 0.15) is 13.3 Å². The van der Waals surface area contributed by atoms with E-state index in [0.717, 1.165) is 12.3 Å². The van der Waals surface area contributed by atoms with Gasteiger partial charge in [0.05, 0.1) is 6.61 Å². The van der Waals surface area contributed by atoms with E-state index in [-0.39, 0.29) is 0 Å². The van der Waals surface area contributed by atoms with Gasteiger partial charge in [0.25, 0.3) is 0 Å². The molecule has 0 aromatic heterocycles. The molecule has 0 aromatic carbocycles. The molecule has 0 bridgehead atoms. The Kier molecular flexibility index (Phi) is 6.53. The fourth-order valence-corrected chi connectivity index (χ4v) is 0.567. The summed E-state index contributed by atoms with van der Waals surface area (Å²) in [5.74, 6) is 0.745. The molecule has 0 fully saturated rings. The van der Waals surface area contributed by atoms with Crippen molar-refractivity contribution in [2.24, 2.45) is 0 Å². The van der Waals surface area contributed by atoms with E-state index in [0.29, 0.717) is 6.61 Å². The average molecular weight is 156 g/mol. The van der Waals surface area contributed by atoms with Crippen LogP contribution in [-0.4, -0.2) is 13.7 Å². The fourth-order valence-electron chi connectivity index (χ4n) is 0.567. The largest absolute Gasteiger partial charge is 0.478 e. The second-order valence-electron chi connectivity index (χ2n) is 1.95. The lowest BCUT2D eigenvalue weighted by Gasteiger charge is -2.09. The lowest BCUT2D eigenvalue weighted by molar-refractivity contribution is 0.188. The van der Waals surface area contributed by atoms with E-state index in [9.17, 15) is 0 Å². The maximum atomic E-state index is 5.29. The number of ether oxygens (including phenoxy) is 1. The molecule has 0 amide bonds. The van der Waals surface area contributed by atoms with Crippen molar-refractivity contribution >= 4 is 0 Å². The summed E-state index contributed by atoms with van der Waals surface area (Å²) in [6.07, 6.45) is 4.55. The number of rotatable bonds is 6. The highest BCUT2D eigenvalue weighted by Crippen LogP contribution is 1.92. The third-order valence-electron chi connectivity index (χ3n) is 1.09. The van der Waals surface area contributed by atoms with Gasteiger partial charge in [-0.3, -0.25) is 5.43 Å². The predicted molar refractivity (Wildman–Crippen MR) is 46.7 cm³/mol. The highest BCUT2D eigenvalue weighted by molar-refractivity contribution is 4.85. The second-order valence-corrected chi connectivity index (χ2v) is 1.95. The fraction of sp³-hybridized carbons (Fsp3) is 0.500. The first kappa shape index (κ1) is 10.0. The molecule has 0 aliphatic heterocycles. The number of nitrogens with one attached hydrogen (secondary N) is 2. The summed E-state index contributed by atoms with van der Waals surface area (Å²) in [5.41, 5.74) is 5.62. The third kappa shape index (κ3) is 5.48. The molecule has 0 spiro atoms. The lowest BCUT2D eigenvalue weighted by Crippen LogP contribution is -2.28. The highest BCUT2D eigenvalue weighted by Gasteiger charge is 1.90. The Bertz CT molecular complexity index is 132. The summed E-state index contributed by atoms with van der Waals surface area (Å²) in [6.45, 7) is 6.17. The summed E-state index contributed by atoms with van der Waals surface area (Å²) < 4.78 is 5.29. The zero-order valence-corrected chi connectivity index (χ0v) is 7.18. The molecular formula is C8H16N2O. The summed E-state index contributed by atoms with van der Waals surface area (Å²) in [6, 6.07) is 0. The minimum Gasteiger partial charge on any atom is -0.478 e. The van der Waals surface area contributed by atoms with E-state index < -0.39 is 0 Å². The Morgan fingerprint density at radius 2 is 2.36 bits per heavy atom. The molecule has 11 heavy (non-hydrogen) atoms. The maximum Gasteiger partial charge on any atom is 0.196 e. The molecule has 0 saturated carbocycles. The van der Waals surface area contributed by atoms with Gasteiger partial charge in [-0.2, -0.15) is 0 Å². The Morgan fingerprint density at radius 3 is 2.82 bits per heavy atom. The minimum absolute atomic E-state index is 0.665. The summed E-state index contributed by atoms with van der Waals surface area (Å²) >= 11 is 0. The lowest BCUT2D eigenvalue weighted by atomic mass is 10.4. The van der Waals surface area contributed by atoms with Crippen LogP contribution in [0.5, 0.6) is 0 Å². The SMILES string of the molecule is C=CCCO/C(=C/C)NNC. The van der Waals surface area contributed by atoms with E-state index in [1.165, 1.54) is 0 Å². The average Bonchev–Trinajstić information content (AvgIpc) is 2.03. The van der Waals surface area contributed by atoms with Gasteiger partial charge in [-0.05, 0) is 19.4 Å². The molecule has 3 nitrogen and oxygen atoms in total. The molecule has 0 radical (unpaired) electrons. The molecule has 0 unspecified atom stereocenters. The van der Waals surface area contributed by atoms with E-state index in [1.807, 2.05) is 19.1 Å². The quantitative estimate of drug-likeness (QED) is 0.262. The Hall–Kier alpha value is -0.960. The van der Waals surface area contributed by atoms with Crippen molar-refractivity contribution in [2.45, 2.75) is 13.3 Å². The highest BCUT2D eigenvalue weighted by atomic mass is 16.5. The molecule has 64 valence electrons. The molecule has 0 aliphatic rings. The number of allylic oxidation sites excluding steroid dienone is 1. The molecule has 0 saturated heterocycles. The van der Waals surface area contributed by atoms with E-state index in [4.69, 9.17) is 4.74 Å². The molecule has 0 aromatic rings. The van der Waals surface area contributed by atoms with Gasteiger partial charge < -0.3 is 4.74 Å². The number of hydrogen-bond donors (Lipinski definition) is 2. The van der Waals surface area contributed by atoms with Crippen LogP contribution in [0.25, 0.3) is 0 Å². The smallest absolute Gasteiger partial charge is 0.196 e. The molecule has 0 aliphatic carbocycles.